The fraction of sp³-hybridized carbons (Fsp3) is 0.105. The minimum atomic E-state index is -0.707. The van der Waals surface area contributed by atoms with E-state index in [1.165, 1.54) is 28.9 Å². The number of nitro benzene ring substituents is 1. The van der Waals surface area contributed by atoms with Gasteiger partial charge < -0.3 is 5.32 Å². The number of hydrogen-bond acceptors (Lipinski definition) is 5. The monoisotopic (exact) mass is 442 g/mol. The van der Waals surface area contributed by atoms with Gasteiger partial charge in [-0.1, -0.05) is 18.2 Å². The lowest BCUT2D eigenvalue weighted by Crippen LogP contribution is -2.27. The summed E-state index contributed by atoms with van der Waals surface area (Å²) in [4.78, 5) is 35.7. The second-order valence-electron chi connectivity index (χ2n) is 6.09. The molecule has 3 rings (SSSR count). The number of carbonyl (C=O) groups excluding carboxylic acids is 1. The lowest BCUT2D eigenvalue weighted by molar-refractivity contribution is -0.384. The van der Waals surface area contributed by atoms with Gasteiger partial charge in [-0.3, -0.25) is 19.7 Å². The molecule has 0 bridgehead atoms. The van der Waals surface area contributed by atoms with Crippen LogP contribution in [0, 0.1) is 24.0 Å². The van der Waals surface area contributed by atoms with Crippen molar-refractivity contribution in [1.29, 1.82) is 0 Å². The molecule has 0 spiro atoms. The maximum atomic E-state index is 12.6. The standard InChI is InChI=1S/C19H15BrN4O4/c1-11-7-8-14(13(20)9-11)21-19(26)18-17(25)10-12(2)23(22-18)15-5-3-4-6-16(15)24(27)28/h3-10H,1-2H3,(H,21,26). The number of nitrogens with one attached hydrogen (secondary N) is 1. The molecular formula is C19H15BrN4O4. The first kappa shape index (κ1) is 19.4. The second-order valence-corrected chi connectivity index (χ2v) is 6.95. The highest BCUT2D eigenvalue weighted by molar-refractivity contribution is 9.10. The zero-order valence-electron chi connectivity index (χ0n) is 15.0. The van der Waals surface area contributed by atoms with Gasteiger partial charge in [0.25, 0.3) is 11.6 Å². The molecule has 2 aromatic carbocycles. The molecule has 1 heterocycles. The van der Waals surface area contributed by atoms with Crippen LogP contribution in [0.15, 0.2) is 57.8 Å². The summed E-state index contributed by atoms with van der Waals surface area (Å²) in [5.74, 6) is -0.707. The normalized spacial score (nSPS) is 10.5. The molecule has 1 amide bonds. The van der Waals surface area contributed by atoms with Crippen molar-refractivity contribution in [2.24, 2.45) is 0 Å². The molecule has 9 heteroatoms. The van der Waals surface area contributed by atoms with E-state index in [2.05, 4.69) is 26.3 Å². The number of nitrogens with zero attached hydrogens (tertiary/aromatic N) is 3. The summed E-state index contributed by atoms with van der Waals surface area (Å²) in [5, 5.41) is 18.1. The first-order valence-corrected chi connectivity index (χ1v) is 8.99. The number of carbonyl (C=O) groups is 1. The number of para-hydroxylation sites is 2. The summed E-state index contributed by atoms with van der Waals surface area (Å²) < 4.78 is 1.88. The Morgan fingerprint density at radius 2 is 1.89 bits per heavy atom. The van der Waals surface area contributed by atoms with Crippen LogP contribution >= 0.6 is 15.9 Å². The molecule has 28 heavy (non-hydrogen) atoms. The maximum absolute atomic E-state index is 12.6. The number of rotatable bonds is 4. The van der Waals surface area contributed by atoms with Gasteiger partial charge in [-0.15, -0.1) is 0 Å². The van der Waals surface area contributed by atoms with E-state index < -0.39 is 16.3 Å². The van der Waals surface area contributed by atoms with Crippen LogP contribution in [-0.4, -0.2) is 20.6 Å². The topological polar surface area (TPSA) is 107 Å². The number of nitro groups is 1. The quantitative estimate of drug-likeness (QED) is 0.488. The molecule has 3 aromatic rings. The minimum Gasteiger partial charge on any atom is -0.319 e. The Morgan fingerprint density at radius 3 is 2.57 bits per heavy atom. The summed E-state index contributed by atoms with van der Waals surface area (Å²) in [6.45, 7) is 3.49. The van der Waals surface area contributed by atoms with Crippen LogP contribution in [0.5, 0.6) is 0 Å². The highest BCUT2D eigenvalue weighted by atomic mass is 79.9. The number of aryl methyl sites for hydroxylation is 2. The van der Waals surface area contributed by atoms with E-state index in [0.29, 0.717) is 15.9 Å². The van der Waals surface area contributed by atoms with Crippen LogP contribution in [0.25, 0.3) is 5.69 Å². The van der Waals surface area contributed by atoms with Gasteiger partial charge in [-0.2, -0.15) is 5.10 Å². The third-order valence-electron chi connectivity index (χ3n) is 4.00. The number of amides is 1. The van der Waals surface area contributed by atoms with Crippen LogP contribution in [0.1, 0.15) is 21.7 Å². The Balaban J connectivity index is 2.06. The predicted molar refractivity (Wildman–Crippen MR) is 108 cm³/mol. The Labute approximate surface area is 168 Å². The Hall–Kier alpha value is -3.33. The van der Waals surface area contributed by atoms with Crippen LogP contribution < -0.4 is 10.7 Å². The van der Waals surface area contributed by atoms with Gasteiger partial charge in [0.15, 0.2) is 5.69 Å². The van der Waals surface area contributed by atoms with E-state index in [1.807, 2.05) is 19.1 Å². The molecule has 142 valence electrons. The fourth-order valence-electron chi connectivity index (χ4n) is 2.65. The van der Waals surface area contributed by atoms with Crippen LogP contribution in [0.2, 0.25) is 0 Å². The van der Waals surface area contributed by atoms with Gasteiger partial charge in [0.1, 0.15) is 5.69 Å². The average molecular weight is 443 g/mol. The van der Waals surface area contributed by atoms with Crippen molar-refractivity contribution in [2.45, 2.75) is 13.8 Å². The van der Waals surface area contributed by atoms with E-state index >= 15 is 0 Å². The third-order valence-corrected chi connectivity index (χ3v) is 4.66. The minimum absolute atomic E-state index is 0.163. The second kappa shape index (κ2) is 7.73. The lowest BCUT2D eigenvalue weighted by Gasteiger charge is -2.12. The van der Waals surface area contributed by atoms with Crippen LogP contribution in [0.3, 0.4) is 0 Å². The zero-order valence-corrected chi connectivity index (χ0v) is 16.6. The molecule has 0 aliphatic heterocycles. The summed E-state index contributed by atoms with van der Waals surface area (Å²) in [5.41, 5.74) is 0.883. The van der Waals surface area contributed by atoms with E-state index in [4.69, 9.17) is 0 Å². The molecule has 0 aliphatic rings. The number of aromatic nitrogens is 2. The van der Waals surface area contributed by atoms with E-state index in [0.717, 1.165) is 5.56 Å². The van der Waals surface area contributed by atoms with Gasteiger partial charge in [-0.25, -0.2) is 4.68 Å². The molecule has 0 fully saturated rings. The highest BCUT2D eigenvalue weighted by Crippen LogP contribution is 2.24. The molecule has 1 N–H and O–H groups in total. The van der Waals surface area contributed by atoms with E-state index in [-0.39, 0.29) is 17.1 Å². The third kappa shape index (κ3) is 3.84. The van der Waals surface area contributed by atoms with Crippen molar-refractivity contribution in [2.75, 3.05) is 5.32 Å². The summed E-state index contributed by atoms with van der Waals surface area (Å²) in [7, 11) is 0. The number of hydrogen-bond donors (Lipinski definition) is 1. The Bertz CT molecular complexity index is 1160. The van der Waals surface area contributed by atoms with Crippen molar-refractivity contribution < 1.29 is 9.72 Å². The van der Waals surface area contributed by atoms with Crippen molar-refractivity contribution in [3.05, 3.63) is 90.3 Å². The molecule has 0 atom stereocenters. The number of anilines is 1. The van der Waals surface area contributed by atoms with Crippen LogP contribution in [0.4, 0.5) is 11.4 Å². The Kier molecular flexibility index (Phi) is 5.36. The van der Waals surface area contributed by atoms with E-state index in [1.54, 1.807) is 19.1 Å². The summed E-state index contributed by atoms with van der Waals surface area (Å²) in [6.07, 6.45) is 0. The van der Waals surface area contributed by atoms with Crippen molar-refractivity contribution in [3.8, 4) is 5.69 Å². The van der Waals surface area contributed by atoms with Gasteiger partial charge >= 0.3 is 0 Å². The molecule has 0 unspecified atom stereocenters. The number of halogens is 1. The molecule has 0 saturated heterocycles. The van der Waals surface area contributed by atoms with Crippen molar-refractivity contribution in [1.82, 2.24) is 9.78 Å². The molecular weight excluding hydrogens is 428 g/mol. The molecule has 1 aromatic heterocycles. The predicted octanol–water partition coefficient (Wildman–Crippen LogP) is 3.77. The smallest absolute Gasteiger partial charge is 0.294 e. The largest absolute Gasteiger partial charge is 0.319 e. The zero-order chi connectivity index (χ0) is 20.4. The van der Waals surface area contributed by atoms with E-state index in [9.17, 15) is 19.7 Å². The maximum Gasteiger partial charge on any atom is 0.294 e. The number of benzene rings is 2. The van der Waals surface area contributed by atoms with Gasteiger partial charge in [0.2, 0.25) is 5.43 Å². The Morgan fingerprint density at radius 1 is 1.18 bits per heavy atom. The van der Waals surface area contributed by atoms with Gasteiger partial charge in [0, 0.05) is 22.3 Å². The summed E-state index contributed by atoms with van der Waals surface area (Å²) in [6, 6.07) is 12.5. The highest BCUT2D eigenvalue weighted by Gasteiger charge is 2.20. The molecule has 0 saturated carbocycles. The SMILES string of the molecule is Cc1ccc(NC(=O)c2nn(-c3ccccc3[N+](=O)[O-])c(C)cc2=O)c(Br)c1. The molecule has 0 radical (unpaired) electrons. The first-order chi connectivity index (χ1) is 13.3. The van der Waals surface area contributed by atoms with Crippen molar-refractivity contribution in [3.63, 3.8) is 0 Å². The fourth-order valence-corrected chi connectivity index (χ4v) is 3.24. The van der Waals surface area contributed by atoms with Gasteiger partial charge in [-0.05, 0) is 53.5 Å². The molecule has 0 aliphatic carbocycles. The average Bonchev–Trinajstić information content (AvgIpc) is 2.64. The van der Waals surface area contributed by atoms with Gasteiger partial charge in [0.05, 0.1) is 10.6 Å². The van der Waals surface area contributed by atoms with Crippen LogP contribution in [-0.2, 0) is 0 Å². The van der Waals surface area contributed by atoms with Crippen molar-refractivity contribution >= 4 is 33.2 Å². The first-order valence-electron chi connectivity index (χ1n) is 8.20. The molecule has 8 nitrogen and oxygen atoms in total. The summed E-state index contributed by atoms with van der Waals surface area (Å²) >= 11 is 3.36. The lowest BCUT2D eigenvalue weighted by atomic mass is 10.2.